The van der Waals surface area contributed by atoms with Crippen LogP contribution in [0.1, 0.15) is 34.3 Å². The zero-order valence-electron chi connectivity index (χ0n) is 17.2. The summed E-state index contributed by atoms with van der Waals surface area (Å²) < 4.78 is 6.08. The molecule has 1 aliphatic rings. The molecule has 156 valence electrons. The molecular formula is C25H24N4O2. The van der Waals surface area contributed by atoms with Gasteiger partial charge in [0.05, 0.1) is 11.6 Å². The number of piperidine rings is 1. The molecule has 3 aromatic rings. The lowest BCUT2D eigenvalue weighted by Crippen LogP contribution is -2.45. The Balaban J connectivity index is 1.65. The van der Waals surface area contributed by atoms with Crippen molar-refractivity contribution in [3.05, 3.63) is 83.7 Å². The molecule has 6 nitrogen and oxygen atoms in total. The molecule has 1 amide bonds. The van der Waals surface area contributed by atoms with Crippen LogP contribution in [0.5, 0.6) is 5.75 Å². The van der Waals surface area contributed by atoms with Crippen LogP contribution < -0.4 is 10.5 Å². The molecule has 0 radical (unpaired) electrons. The van der Waals surface area contributed by atoms with Crippen molar-refractivity contribution in [2.24, 2.45) is 5.73 Å². The van der Waals surface area contributed by atoms with Gasteiger partial charge in [0.1, 0.15) is 12.4 Å². The third kappa shape index (κ3) is 4.90. The van der Waals surface area contributed by atoms with Gasteiger partial charge >= 0.3 is 0 Å². The number of aromatic nitrogens is 1. The molecule has 1 atom stereocenters. The summed E-state index contributed by atoms with van der Waals surface area (Å²) in [6.45, 7) is 1.66. The Labute approximate surface area is 181 Å². The van der Waals surface area contributed by atoms with Crippen LogP contribution in [0.3, 0.4) is 0 Å². The summed E-state index contributed by atoms with van der Waals surface area (Å²) in [4.78, 5) is 19.0. The van der Waals surface area contributed by atoms with Crippen molar-refractivity contribution in [2.45, 2.75) is 25.5 Å². The second-order valence-electron chi connectivity index (χ2n) is 7.70. The predicted molar refractivity (Wildman–Crippen MR) is 118 cm³/mol. The third-order valence-corrected chi connectivity index (χ3v) is 5.41. The average molecular weight is 412 g/mol. The van der Waals surface area contributed by atoms with Gasteiger partial charge in [-0.3, -0.25) is 9.78 Å². The summed E-state index contributed by atoms with van der Waals surface area (Å²) in [7, 11) is 0. The monoisotopic (exact) mass is 412 g/mol. The zero-order chi connectivity index (χ0) is 21.6. The van der Waals surface area contributed by atoms with Gasteiger partial charge in [-0.25, -0.2) is 0 Å². The first kappa shape index (κ1) is 20.6. The number of hydrogen-bond acceptors (Lipinski definition) is 5. The number of benzene rings is 2. The lowest BCUT2D eigenvalue weighted by Gasteiger charge is -2.31. The summed E-state index contributed by atoms with van der Waals surface area (Å²) in [5, 5.41) is 9.11. The largest absolute Gasteiger partial charge is 0.488 e. The molecule has 1 fully saturated rings. The van der Waals surface area contributed by atoms with Crippen LogP contribution >= 0.6 is 0 Å². The van der Waals surface area contributed by atoms with E-state index in [1.807, 2.05) is 41.3 Å². The molecule has 1 saturated heterocycles. The van der Waals surface area contributed by atoms with Gasteiger partial charge in [0.25, 0.3) is 5.91 Å². The van der Waals surface area contributed by atoms with Crippen molar-refractivity contribution in [1.82, 2.24) is 9.88 Å². The highest BCUT2D eigenvalue weighted by atomic mass is 16.5. The number of nitrogens with zero attached hydrogens (tertiary/aromatic N) is 3. The summed E-state index contributed by atoms with van der Waals surface area (Å²) in [6.07, 6.45) is 5.35. The van der Waals surface area contributed by atoms with Gasteiger partial charge in [-0.05, 0) is 54.8 Å². The molecule has 4 rings (SSSR count). The summed E-state index contributed by atoms with van der Waals surface area (Å²) in [5.74, 6) is 0.643. The Bertz CT molecular complexity index is 1090. The van der Waals surface area contributed by atoms with Crippen LogP contribution in [-0.2, 0) is 6.61 Å². The van der Waals surface area contributed by atoms with Gasteiger partial charge in [-0.1, -0.05) is 18.2 Å². The fourth-order valence-corrected chi connectivity index (χ4v) is 3.76. The highest BCUT2D eigenvalue weighted by Crippen LogP contribution is 2.32. The molecule has 1 aromatic heterocycles. The maximum Gasteiger partial charge on any atom is 0.253 e. The normalized spacial score (nSPS) is 15.9. The predicted octanol–water partition coefficient (Wildman–Crippen LogP) is 3.76. The number of carbonyl (C=O) groups excluding carboxylic acids is 1. The molecule has 31 heavy (non-hydrogen) atoms. The topological polar surface area (TPSA) is 92.2 Å². The molecule has 0 bridgehead atoms. The van der Waals surface area contributed by atoms with Crippen molar-refractivity contribution in [2.75, 3.05) is 13.1 Å². The molecule has 0 unspecified atom stereocenters. The number of nitriles is 1. The van der Waals surface area contributed by atoms with Crippen molar-refractivity contribution in [3.63, 3.8) is 0 Å². The van der Waals surface area contributed by atoms with Crippen molar-refractivity contribution < 1.29 is 9.53 Å². The standard InChI is InChI=1S/C25H24N4O2/c26-14-18-5-7-20(8-6-18)23-13-21(25(30)29-12-2-4-22(27)16-29)9-10-24(23)31-17-19-3-1-11-28-15-19/h1,3,5-11,13,15,22H,2,4,12,16-17,27H2/t22-/m1/s1. The smallest absolute Gasteiger partial charge is 0.253 e. The number of carbonyl (C=O) groups is 1. The average Bonchev–Trinajstić information content (AvgIpc) is 2.83. The Morgan fingerprint density at radius 1 is 1.23 bits per heavy atom. The Morgan fingerprint density at radius 2 is 2.06 bits per heavy atom. The van der Waals surface area contributed by atoms with Gasteiger partial charge in [0.2, 0.25) is 0 Å². The van der Waals surface area contributed by atoms with E-state index in [1.165, 1.54) is 0 Å². The summed E-state index contributed by atoms with van der Waals surface area (Å²) >= 11 is 0. The van der Waals surface area contributed by atoms with E-state index in [1.54, 1.807) is 30.6 Å². The highest BCUT2D eigenvalue weighted by Gasteiger charge is 2.23. The summed E-state index contributed by atoms with van der Waals surface area (Å²) in [6, 6.07) is 18.7. The molecule has 2 aromatic carbocycles. The Kier molecular flexibility index (Phi) is 6.25. The van der Waals surface area contributed by atoms with Crippen LogP contribution in [0.2, 0.25) is 0 Å². The maximum atomic E-state index is 13.1. The second-order valence-corrected chi connectivity index (χ2v) is 7.70. The number of likely N-dealkylation sites (tertiary alicyclic amines) is 1. The minimum atomic E-state index is -0.0242. The van der Waals surface area contributed by atoms with Gasteiger partial charge in [-0.15, -0.1) is 0 Å². The number of hydrogen-bond donors (Lipinski definition) is 1. The fourth-order valence-electron chi connectivity index (χ4n) is 3.76. The molecule has 0 aliphatic carbocycles. The molecule has 0 saturated carbocycles. The van der Waals surface area contributed by atoms with Crippen LogP contribution in [0.15, 0.2) is 67.0 Å². The minimum Gasteiger partial charge on any atom is -0.488 e. The SMILES string of the molecule is N#Cc1ccc(-c2cc(C(=O)N3CCC[C@@H](N)C3)ccc2OCc2cccnc2)cc1. The van der Waals surface area contributed by atoms with Crippen molar-refractivity contribution in [1.29, 1.82) is 5.26 Å². The molecule has 0 spiro atoms. The number of nitrogens with two attached hydrogens (primary N) is 1. The lowest BCUT2D eigenvalue weighted by atomic mass is 9.99. The first-order chi connectivity index (χ1) is 15.1. The van der Waals surface area contributed by atoms with E-state index in [4.69, 9.17) is 15.7 Å². The number of pyridine rings is 1. The first-order valence-corrected chi connectivity index (χ1v) is 10.3. The van der Waals surface area contributed by atoms with Crippen molar-refractivity contribution in [3.8, 4) is 22.9 Å². The van der Waals surface area contributed by atoms with E-state index < -0.39 is 0 Å². The first-order valence-electron chi connectivity index (χ1n) is 10.3. The van der Waals surface area contributed by atoms with E-state index in [2.05, 4.69) is 11.1 Å². The van der Waals surface area contributed by atoms with Gasteiger partial charge in [0, 0.05) is 48.2 Å². The fraction of sp³-hybridized carbons (Fsp3) is 0.240. The lowest BCUT2D eigenvalue weighted by molar-refractivity contribution is 0.0709. The van der Waals surface area contributed by atoms with Gasteiger partial charge < -0.3 is 15.4 Å². The van der Waals surface area contributed by atoms with E-state index in [0.29, 0.717) is 30.0 Å². The van der Waals surface area contributed by atoms with Gasteiger partial charge in [-0.2, -0.15) is 5.26 Å². The summed E-state index contributed by atoms with van der Waals surface area (Å²) in [5.41, 5.74) is 9.88. The molecule has 1 aliphatic heterocycles. The Hall–Kier alpha value is -3.69. The van der Waals surface area contributed by atoms with E-state index in [-0.39, 0.29) is 11.9 Å². The third-order valence-electron chi connectivity index (χ3n) is 5.41. The maximum absolute atomic E-state index is 13.1. The number of rotatable bonds is 5. The van der Waals surface area contributed by atoms with Crippen LogP contribution in [0.25, 0.3) is 11.1 Å². The molecule has 2 N–H and O–H groups in total. The number of amides is 1. The van der Waals surface area contributed by atoms with E-state index in [9.17, 15) is 4.79 Å². The van der Waals surface area contributed by atoms with Crippen molar-refractivity contribution >= 4 is 5.91 Å². The van der Waals surface area contributed by atoms with Crippen LogP contribution in [-0.4, -0.2) is 34.9 Å². The Morgan fingerprint density at radius 3 is 2.77 bits per heavy atom. The minimum absolute atomic E-state index is 0.0242. The number of ether oxygens (including phenoxy) is 1. The second kappa shape index (κ2) is 9.41. The van der Waals surface area contributed by atoms with Crippen LogP contribution in [0.4, 0.5) is 0 Å². The molecular weight excluding hydrogens is 388 g/mol. The molecule has 6 heteroatoms. The van der Waals surface area contributed by atoms with Gasteiger partial charge in [0.15, 0.2) is 0 Å². The quantitative estimate of drug-likeness (QED) is 0.689. The van der Waals surface area contributed by atoms with E-state index in [0.717, 1.165) is 36.1 Å². The van der Waals surface area contributed by atoms with E-state index >= 15 is 0 Å². The molecule has 2 heterocycles. The highest BCUT2D eigenvalue weighted by molar-refractivity contribution is 5.96. The zero-order valence-corrected chi connectivity index (χ0v) is 17.2. The van der Waals surface area contributed by atoms with Crippen LogP contribution in [0, 0.1) is 11.3 Å².